The van der Waals surface area contributed by atoms with Crippen LogP contribution >= 0.6 is 0 Å². The summed E-state index contributed by atoms with van der Waals surface area (Å²) in [6.45, 7) is -0.696. The van der Waals surface area contributed by atoms with E-state index in [1.165, 1.54) is 12.3 Å². The van der Waals surface area contributed by atoms with Crippen LogP contribution in [-0.2, 0) is 20.8 Å². The number of aliphatic hydroxyl groups excluding tert-OH is 1. The van der Waals surface area contributed by atoms with Gasteiger partial charge in [0.1, 0.15) is 31.5 Å². The monoisotopic (exact) mass is 358 g/mol. The first kappa shape index (κ1) is 19.5. The van der Waals surface area contributed by atoms with Gasteiger partial charge in [0.25, 0.3) is 5.56 Å². The molecule has 0 spiro atoms. The van der Waals surface area contributed by atoms with E-state index in [0.29, 0.717) is 0 Å². The number of nitrogens with zero attached hydrogens (tertiary/aromatic N) is 2. The van der Waals surface area contributed by atoms with Crippen LogP contribution in [0.3, 0.4) is 0 Å². The van der Waals surface area contributed by atoms with Gasteiger partial charge in [0.2, 0.25) is 0 Å². The maximum Gasteiger partial charge on any atom is 0.334 e. The predicted molar refractivity (Wildman–Crippen MR) is 91.9 cm³/mol. The molecule has 26 heavy (non-hydrogen) atoms. The number of ether oxygens (including phenoxy) is 3. The first-order valence-corrected chi connectivity index (χ1v) is 7.71. The van der Waals surface area contributed by atoms with Crippen LogP contribution in [0, 0.1) is 37.0 Å². The summed E-state index contributed by atoms with van der Waals surface area (Å²) in [7, 11) is 0. The van der Waals surface area contributed by atoms with E-state index in [9.17, 15) is 14.7 Å². The Morgan fingerprint density at radius 1 is 1.12 bits per heavy atom. The fourth-order valence-electron chi connectivity index (χ4n) is 2.71. The minimum absolute atomic E-state index is 0.0430. The zero-order chi connectivity index (χ0) is 19.1. The molecule has 136 valence electrons. The van der Waals surface area contributed by atoms with E-state index in [4.69, 9.17) is 33.5 Å². The molecule has 0 aromatic carbocycles. The lowest BCUT2D eigenvalue weighted by Crippen LogP contribution is -2.44. The minimum atomic E-state index is -0.986. The Hall–Kier alpha value is -2.80. The lowest BCUT2D eigenvalue weighted by atomic mass is 10.1. The van der Waals surface area contributed by atoms with Gasteiger partial charge >= 0.3 is 5.69 Å². The number of rotatable bonds is 7. The molecule has 2 heterocycles. The highest BCUT2D eigenvalue weighted by Crippen LogP contribution is 2.32. The summed E-state index contributed by atoms with van der Waals surface area (Å²) in [6, 6.07) is 1.18. The maximum atomic E-state index is 12.6. The second-order valence-electron chi connectivity index (χ2n) is 5.34. The molecule has 1 unspecified atom stereocenters. The van der Waals surface area contributed by atoms with Crippen molar-refractivity contribution >= 4 is 0 Å². The summed E-state index contributed by atoms with van der Waals surface area (Å²) in [5.41, 5.74) is -1.22. The standard InChI is InChI=1S/C18H18N2O6/c1-4-8-19-14(22)7-9-20(18(19)23)17-16(25-11-6-3)15(24-10-5-2)13(12-21)26-17/h1-3,7,9,13,15-17,21H,8,10-12H2/t13?,15-,16-,17-/m1/s1. The van der Waals surface area contributed by atoms with Crippen molar-refractivity contribution < 1.29 is 19.3 Å². The molecule has 1 aliphatic heterocycles. The molecule has 0 aliphatic carbocycles. The van der Waals surface area contributed by atoms with Crippen LogP contribution in [0.4, 0.5) is 0 Å². The van der Waals surface area contributed by atoms with Gasteiger partial charge in [-0.25, -0.2) is 9.36 Å². The van der Waals surface area contributed by atoms with Crippen LogP contribution in [0.1, 0.15) is 6.23 Å². The largest absolute Gasteiger partial charge is 0.394 e. The molecule has 1 aliphatic rings. The fraction of sp³-hybridized carbons (Fsp3) is 0.444. The molecule has 8 heteroatoms. The molecule has 0 radical (unpaired) electrons. The number of aromatic nitrogens is 2. The Morgan fingerprint density at radius 2 is 1.77 bits per heavy atom. The molecule has 1 saturated heterocycles. The highest BCUT2D eigenvalue weighted by molar-refractivity contribution is 4.99. The molecule has 1 aromatic rings. The topological polar surface area (TPSA) is 91.9 Å². The second kappa shape index (κ2) is 9.05. The van der Waals surface area contributed by atoms with Crippen molar-refractivity contribution in [2.45, 2.75) is 31.1 Å². The SMILES string of the molecule is C#CCO[C@@H]1[C@H](OCC#C)C(CO)O[C@H]1n1ccc(=O)n(CC#C)c1=O. The van der Waals surface area contributed by atoms with Gasteiger partial charge in [-0.1, -0.05) is 17.8 Å². The summed E-state index contributed by atoms with van der Waals surface area (Å²) in [4.78, 5) is 24.5. The third-order valence-electron chi connectivity index (χ3n) is 3.80. The van der Waals surface area contributed by atoms with Crippen LogP contribution < -0.4 is 11.2 Å². The van der Waals surface area contributed by atoms with Crippen molar-refractivity contribution in [1.82, 2.24) is 9.13 Å². The van der Waals surface area contributed by atoms with Crippen LogP contribution in [0.15, 0.2) is 21.9 Å². The van der Waals surface area contributed by atoms with Crippen LogP contribution in [0.25, 0.3) is 0 Å². The molecule has 8 nitrogen and oxygen atoms in total. The molecule has 4 atom stereocenters. The Bertz CT molecular complexity index is 866. The zero-order valence-electron chi connectivity index (χ0n) is 13.9. The second-order valence-corrected chi connectivity index (χ2v) is 5.34. The van der Waals surface area contributed by atoms with Crippen LogP contribution in [-0.4, -0.2) is 52.4 Å². The lowest BCUT2D eigenvalue weighted by molar-refractivity contribution is -0.0694. The maximum absolute atomic E-state index is 12.6. The Balaban J connectivity index is 2.46. The number of terminal acetylenes is 3. The summed E-state index contributed by atoms with van der Waals surface area (Å²) in [5, 5.41) is 9.57. The van der Waals surface area contributed by atoms with Crippen molar-refractivity contribution in [3.05, 3.63) is 33.1 Å². The molecule has 0 amide bonds. The lowest BCUT2D eigenvalue weighted by Gasteiger charge is -2.24. The van der Waals surface area contributed by atoms with E-state index in [1.54, 1.807) is 0 Å². The van der Waals surface area contributed by atoms with Crippen molar-refractivity contribution in [3.8, 4) is 37.0 Å². The summed E-state index contributed by atoms with van der Waals surface area (Å²) in [5.74, 6) is 6.90. The van der Waals surface area contributed by atoms with Crippen molar-refractivity contribution in [2.24, 2.45) is 0 Å². The highest BCUT2D eigenvalue weighted by Gasteiger charge is 2.47. The minimum Gasteiger partial charge on any atom is -0.394 e. The summed E-state index contributed by atoms with van der Waals surface area (Å²) in [6.07, 6.45) is 13.6. The molecule has 1 N–H and O–H groups in total. The normalized spacial score (nSPS) is 24.5. The van der Waals surface area contributed by atoms with Gasteiger partial charge in [-0.15, -0.1) is 19.3 Å². The van der Waals surface area contributed by atoms with E-state index in [1.807, 2.05) is 0 Å². The quantitative estimate of drug-likeness (QED) is 0.601. The van der Waals surface area contributed by atoms with E-state index in [-0.39, 0.29) is 26.4 Å². The first-order valence-electron chi connectivity index (χ1n) is 7.71. The predicted octanol–water partition coefficient (Wildman–Crippen LogP) is -1.43. The summed E-state index contributed by atoms with van der Waals surface area (Å²) < 4.78 is 18.9. The number of hydrogen-bond donors (Lipinski definition) is 1. The van der Waals surface area contributed by atoms with E-state index in [0.717, 1.165) is 9.13 Å². The molecule has 1 aromatic heterocycles. The van der Waals surface area contributed by atoms with Crippen molar-refractivity contribution in [1.29, 1.82) is 0 Å². The Kier molecular flexibility index (Phi) is 6.80. The van der Waals surface area contributed by atoms with Gasteiger partial charge in [-0.2, -0.15) is 0 Å². The van der Waals surface area contributed by atoms with E-state index < -0.39 is 35.8 Å². The van der Waals surface area contributed by atoms with Crippen molar-refractivity contribution in [2.75, 3.05) is 19.8 Å². The van der Waals surface area contributed by atoms with Crippen LogP contribution in [0.5, 0.6) is 0 Å². The molecular formula is C18H18N2O6. The molecular weight excluding hydrogens is 340 g/mol. The Labute approximate surface area is 150 Å². The van der Waals surface area contributed by atoms with Gasteiger partial charge in [-0.05, 0) is 0 Å². The Morgan fingerprint density at radius 3 is 2.35 bits per heavy atom. The average molecular weight is 358 g/mol. The number of hydrogen-bond acceptors (Lipinski definition) is 6. The van der Waals surface area contributed by atoms with Gasteiger partial charge in [0.15, 0.2) is 6.23 Å². The van der Waals surface area contributed by atoms with Crippen molar-refractivity contribution in [3.63, 3.8) is 0 Å². The van der Waals surface area contributed by atoms with Gasteiger partial charge in [0, 0.05) is 12.3 Å². The highest BCUT2D eigenvalue weighted by atomic mass is 16.6. The van der Waals surface area contributed by atoms with Gasteiger partial charge in [0.05, 0.1) is 13.2 Å². The van der Waals surface area contributed by atoms with Gasteiger partial charge < -0.3 is 19.3 Å². The molecule has 2 rings (SSSR count). The third kappa shape index (κ3) is 3.88. The number of aliphatic hydroxyl groups is 1. The average Bonchev–Trinajstić information content (AvgIpc) is 2.99. The third-order valence-corrected chi connectivity index (χ3v) is 3.80. The van der Waals surface area contributed by atoms with Crippen LogP contribution in [0.2, 0.25) is 0 Å². The fourth-order valence-corrected chi connectivity index (χ4v) is 2.71. The smallest absolute Gasteiger partial charge is 0.334 e. The molecule has 0 saturated carbocycles. The molecule has 1 fully saturated rings. The molecule has 0 bridgehead atoms. The summed E-state index contributed by atoms with van der Waals surface area (Å²) >= 11 is 0. The zero-order valence-corrected chi connectivity index (χ0v) is 13.9. The van der Waals surface area contributed by atoms with E-state index in [2.05, 4.69) is 17.8 Å². The first-order chi connectivity index (χ1) is 12.6. The van der Waals surface area contributed by atoms with Gasteiger partial charge in [-0.3, -0.25) is 9.36 Å². The van der Waals surface area contributed by atoms with E-state index >= 15 is 0 Å².